The Hall–Kier alpha value is -2.41. The maximum absolute atomic E-state index is 11.1. The van der Waals surface area contributed by atoms with E-state index in [0.29, 0.717) is 38.7 Å². The minimum Gasteiger partial charge on any atom is -0.497 e. The smallest absolute Gasteiger partial charge is 0.133 e. The van der Waals surface area contributed by atoms with E-state index in [9.17, 15) is 5.11 Å². The maximum Gasteiger partial charge on any atom is 0.133 e. The molecular formula is C23H23BrClNO4. The van der Waals surface area contributed by atoms with Crippen LogP contribution in [0.5, 0.6) is 17.2 Å². The summed E-state index contributed by atoms with van der Waals surface area (Å²) in [4.78, 5) is 0. The van der Waals surface area contributed by atoms with Gasteiger partial charge in [-0.25, -0.2) is 0 Å². The topological polar surface area (TPSA) is 60.0 Å². The standard InChI is InChI=1S/C23H23BrClNO4/c1-28-16-9-7-14(21(12-16)30-3)13-26-19-10-8-15(25)11-18(19)23(27)17-5-4-6-20(29-2)22(17)24/h4-12,23,26-27H,13H2,1-3H3. The van der Waals surface area contributed by atoms with Gasteiger partial charge in [-0.2, -0.15) is 0 Å². The molecule has 5 nitrogen and oxygen atoms in total. The molecule has 0 aliphatic rings. The van der Waals surface area contributed by atoms with Gasteiger partial charge in [0.15, 0.2) is 0 Å². The number of methoxy groups -OCH3 is 3. The van der Waals surface area contributed by atoms with Gasteiger partial charge in [0.1, 0.15) is 23.4 Å². The van der Waals surface area contributed by atoms with Crippen LogP contribution in [0, 0.1) is 0 Å². The van der Waals surface area contributed by atoms with Crippen LogP contribution < -0.4 is 19.5 Å². The minimum absolute atomic E-state index is 0.494. The normalized spacial score (nSPS) is 11.7. The number of aliphatic hydroxyl groups excluding tert-OH is 1. The van der Waals surface area contributed by atoms with Gasteiger partial charge in [-0.3, -0.25) is 0 Å². The average Bonchev–Trinajstić information content (AvgIpc) is 2.77. The summed E-state index contributed by atoms with van der Waals surface area (Å²) in [5.74, 6) is 2.08. The highest BCUT2D eigenvalue weighted by Crippen LogP contribution is 2.38. The molecule has 3 aromatic rings. The van der Waals surface area contributed by atoms with E-state index in [1.54, 1.807) is 33.5 Å². The zero-order valence-corrected chi connectivity index (χ0v) is 19.3. The molecule has 1 unspecified atom stereocenters. The molecule has 0 heterocycles. The van der Waals surface area contributed by atoms with Gasteiger partial charge >= 0.3 is 0 Å². The van der Waals surface area contributed by atoms with Gasteiger partial charge in [-0.05, 0) is 52.3 Å². The molecule has 0 fully saturated rings. The molecule has 1 atom stereocenters. The van der Waals surface area contributed by atoms with Crippen molar-refractivity contribution in [3.05, 3.63) is 80.8 Å². The number of halogens is 2. The van der Waals surface area contributed by atoms with Crippen LogP contribution in [-0.2, 0) is 6.54 Å². The lowest BCUT2D eigenvalue weighted by Gasteiger charge is -2.20. The Morgan fingerprint density at radius 1 is 0.933 bits per heavy atom. The summed E-state index contributed by atoms with van der Waals surface area (Å²) in [5.41, 5.74) is 3.06. The van der Waals surface area contributed by atoms with E-state index >= 15 is 0 Å². The van der Waals surface area contributed by atoms with Crippen LogP contribution in [0.2, 0.25) is 5.02 Å². The van der Waals surface area contributed by atoms with E-state index in [4.69, 9.17) is 25.8 Å². The predicted molar refractivity (Wildman–Crippen MR) is 123 cm³/mol. The predicted octanol–water partition coefficient (Wildman–Crippen LogP) is 5.82. The average molecular weight is 493 g/mol. The summed E-state index contributed by atoms with van der Waals surface area (Å²) in [6.07, 6.45) is -0.909. The molecule has 158 valence electrons. The number of rotatable bonds is 8. The molecule has 2 N–H and O–H groups in total. The molecule has 0 saturated carbocycles. The van der Waals surface area contributed by atoms with Crippen LogP contribution in [-0.4, -0.2) is 26.4 Å². The fourth-order valence-corrected chi connectivity index (χ4v) is 4.00. The molecule has 0 amide bonds. The van der Waals surface area contributed by atoms with Crippen molar-refractivity contribution in [1.29, 1.82) is 0 Å². The third-order valence-corrected chi connectivity index (χ3v) is 5.86. The van der Waals surface area contributed by atoms with Crippen molar-refractivity contribution in [2.24, 2.45) is 0 Å². The Morgan fingerprint density at radius 2 is 1.70 bits per heavy atom. The van der Waals surface area contributed by atoms with Gasteiger partial charge in [-0.1, -0.05) is 23.7 Å². The summed E-state index contributed by atoms with van der Waals surface area (Å²) < 4.78 is 16.8. The van der Waals surface area contributed by atoms with Crippen LogP contribution >= 0.6 is 27.5 Å². The van der Waals surface area contributed by atoms with Crippen LogP contribution in [0.25, 0.3) is 0 Å². The molecule has 3 rings (SSSR count). The van der Waals surface area contributed by atoms with Crippen molar-refractivity contribution in [3.63, 3.8) is 0 Å². The number of nitrogens with one attached hydrogen (secondary N) is 1. The second kappa shape index (κ2) is 10.1. The van der Waals surface area contributed by atoms with Gasteiger partial charge in [0.25, 0.3) is 0 Å². The van der Waals surface area contributed by atoms with Crippen molar-refractivity contribution >= 4 is 33.2 Å². The van der Waals surface area contributed by atoms with E-state index in [1.165, 1.54) is 0 Å². The third kappa shape index (κ3) is 4.83. The van der Waals surface area contributed by atoms with Crippen molar-refractivity contribution in [1.82, 2.24) is 0 Å². The molecule has 30 heavy (non-hydrogen) atoms. The minimum atomic E-state index is -0.909. The lowest BCUT2D eigenvalue weighted by atomic mass is 9.99. The van der Waals surface area contributed by atoms with Crippen LogP contribution in [0.15, 0.2) is 59.1 Å². The lowest BCUT2D eigenvalue weighted by Crippen LogP contribution is -2.08. The second-order valence-electron chi connectivity index (χ2n) is 6.53. The van der Waals surface area contributed by atoms with Gasteiger partial charge < -0.3 is 24.6 Å². The zero-order valence-electron chi connectivity index (χ0n) is 16.9. The Bertz CT molecular complexity index is 1030. The fraction of sp³-hybridized carbons (Fsp3) is 0.217. The monoisotopic (exact) mass is 491 g/mol. The highest BCUT2D eigenvalue weighted by Gasteiger charge is 2.20. The Kier molecular flexibility index (Phi) is 7.48. The van der Waals surface area contributed by atoms with Crippen molar-refractivity contribution in [2.45, 2.75) is 12.6 Å². The summed E-state index contributed by atoms with van der Waals surface area (Å²) in [5, 5.41) is 15.1. The number of aliphatic hydroxyl groups is 1. The largest absolute Gasteiger partial charge is 0.497 e. The molecule has 0 radical (unpaired) electrons. The number of hydrogen-bond acceptors (Lipinski definition) is 5. The maximum atomic E-state index is 11.1. The highest BCUT2D eigenvalue weighted by molar-refractivity contribution is 9.10. The highest BCUT2D eigenvalue weighted by atomic mass is 79.9. The molecule has 0 saturated heterocycles. The van der Waals surface area contributed by atoms with Crippen LogP contribution in [0.4, 0.5) is 5.69 Å². The number of anilines is 1. The fourth-order valence-electron chi connectivity index (χ4n) is 3.17. The zero-order chi connectivity index (χ0) is 21.7. The van der Waals surface area contributed by atoms with Gasteiger partial charge in [-0.15, -0.1) is 0 Å². The molecule has 0 bridgehead atoms. The summed E-state index contributed by atoms with van der Waals surface area (Å²) in [7, 11) is 4.83. The van der Waals surface area contributed by atoms with Gasteiger partial charge in [0, 0.05) is 40.0 Å². The van der Waals surface area contributed by atoms with Crippen molar-refractivity contribution in [3.8, 4) is 17.2 Å². The molecule has 3 aromatic carbocycles. The molecule has 0 spiro atoms. The van der Waals surface area contributed by atoms with Crippen LogP contribution in [0.3, 0.4) is 0 Å². The first-order chi connectivity index (χ1) is 14.5. The number of hydrogen-bond donors (Lipinski definition) is 2. The van der Waals surface area contributed by atoms with E-state index < -0.39 is 6.10 Å². The molecule has 0 aliphatic carbocycles. The van der Waals surface area contributed by atoms with Crippen LogP contribution in [0.1, 0.15) is 22.8 Å². The molecule has 0 aromatic heterocycles. The number of benzene rings is 3. The van der Waals surface area contributed by atoms with E-state index in [1.807, 2.05) is 42.5 Å². The third-order valence-electron chi connectivity index (χ3n) is 4.78. The first kappa shape index (κ1) is 22.3. The summed E-state index contributed by atoms with van der Waals surface area (Å²) >= 11 is 9.76. The Labute approximate surface area is 189 Å². The van der Waals surface area contributed by atoms with Crippen molar-refractivity contribution < 1.29 is 19.3 Å². The van der Waals surface area contributed by atoms with E-state index in [2.05, 4.69) is 21.2 Å². The molecule has 7 heteroatoms. The SMILES string of the molecule is COc1ccc(CNc2ccc(Cl)cc2C(O)c2cccc(OC)c2Br)c(OC)c1. The Balaban J connectivity index is 1.91. The summed E-state index contributed by atoms with van der Waals surface area (Å²) in [6, 6.07) is 16.5. The summed E-state index contributed by atoms with van der Waals surface area (Å²) in [6.45, 7) is 0.494. The first-order valence-corrected chi connectivity index (χ1v) is 10.4. The quantitative estimate of drug-likeness (QED) is 0.415. The Morgan fingerprint density at radius 3 is 2.40 bits per heavy atom. The van der Waals surface area contributed by atoms with E-state index in [0.717, 1.165) is 17.0 Å². The lowest BCUT2D eigenvalue weighted by molar-refractivity contribution is 0.219. The molecular weight excluding hydrogens is 470 g/mol. The number of ether oxygens (including phenoxy) is 3. The van der Waals surface area contributed by atoms with Gasteiger partial charge in [0.05, 0.1) is 25.8 Å². The van der Waals surface area contributed by atoms with Gasteiger partial charge in [0.2, 0.25) is 0 Å². The second-order valence-corrected chi connectivity index (χ2v) is 7.76. The molecule has 0 aliphatic heterocycles. The first-order valence-electron chi connectivity index (χ1n) is 9.23. The van der Waals surface area contributed by atoms with E-state index in [-0.39, 0.29) is 0 Å². The van der Waals surface area contributed by atoms with Crippen molar-refractivity contribution in [2.75, 3.05) is 26.6 Å².